The molecule has 1 aliphatic heterocycles. The maximum absolute atomic E-state index is 14.2. The van der Waals surface area contributed by atoms with Crippen LogP contribution in [0.5, 0.6) is 0 Å². The smallest absolute Gasteiger partial charge is 0.330 e. The number of carbonyl (C=O) groups excluding carboxylic acids is 1. The van der Waals surface area contributed by atoms with Gasteiger partial charge >= 0.3 is 5.97 Å². The quantitative estimate of drug-likeness (QED) is 0.747. The molecule has 6 nitrogen and oxygen atoms in total. The number of aryl methyl sites for hydroxylation is 1. The Morgan fingerprint density at radius 2 is 2.42 bits per heavy atom. The number of morpholine rings is 1. The van der Waals surface area contributed by atoms with Gasteiger partial charge in [-0.25, -0.2) is 19.2 Å². The van der Waals surface area contributed by atoms with Gasteiger partial charge in [-0.1, -0.05) is 6.92 Å². The van der Waals surface area contributed by atoms with Crippen LogP contribution < -0.4 is 4.90 Å². The molecule has 1 unspecified atom stereocenters. The average Bonchev–Trinajstić information content (AvgIpc) is 2.47. The minimum absolute atomic E-state index is 0.130. The predicted octanol–water partition coefficient (Wildman–Crippen LogP) is 0.556. The molecule has 19 heavy (non-hydrogen) atoms. The molecule has 1 saturated heterocycles. The third-order valence-electron chi connectivity index (χ3n) is 3.05. The summed E-state index contributed by atoms with van der Waals surface area (Å²) < 4.78 is 24.2. The molecule has 0 aliphatic carbocycles. The Kier molecular flexibility index (Phi) is 4.26. The molecule has 2 rings (SSSR count). The number of carbonyl (C=O) groups is 1. The SMILES string of the molecule is CCc1ncnc(N2CCOCC2C(=O)OC)c1F. The molecule has 0 saturated carbocycles. The van der Waals surface area contributed by atoms with E-state index in [4.69, 9.17) is 9.47 Å². The van der Waals surface area contributed by atoms with Crippen molar-refractivity contribution in [2.45, 2.75) is 19.4 Å². The van der Waals surface area contributed by atoms with E-state index in [9.17, 15) is 9.18 Å². The zero-order valence-corrected chi connectivity index (χ0v) is 10.9. The number of hydrogen-bond donors (Lipinski definition) is 0. The maximum Gasteiger partial charge on any atom is 0.330 e. The molecule has 0 aromatic carbocycles. The minimum Gasteiger partial charge on any atom is -0.467 e. The molecule has 1 aliphatic rings. The summed E-state index contributed by atoms with van der Waals surface area (Å²) in [5.74, 6) is -0.817. The van der Waals surface area contributed by atoms with Gasteiger partial charge in [0.1, 0.15) is 6.33 Å². The molecule has 0 spiro atoms. The van der Waals surface area contributed by atoms with E-state index >= 15 is 0 Å². The van der Waals surface area contributed by atoms with Crippen LogP contribution in [-0.4, -0.2) is 48.8 Å². The fourth-order valence-electron chi connectivity index (χ4n) is 2.03. The van der Waals surface area contributed by atoms with Crippen molar-refractivity contribution in [3.8, 4) is 0 Å². The van der Waals surface area contributed by atoms with Crippen molar-refractivity contribution < 1.29 is 18.7 Å². The van der Waals surface area contributed by atoms with Crippen molar-refractivity contribution in [3.63, 3.8) is 0 Å². The Balaban J connectivity index is 2.35. The van der Waals surface area contributed by atoms with Gasteiger partial charge in [0.2, 0.25) is 0 Å². The number of ether oxygens (including phenoxy) is 2. The van der Waals surface area contributed by atoms with E-state index in [0.29, 0.717) is 25.3 Å². The third-order valence-corrected chi connectivity index (χ3v) is 3.05. The summed E-state index contributed by atoms with van der Waals surface area (Å²) in [6.45, 7) is 2.78. The van der Waals surface area contributed by atoms with Crippen LogP contribution in [0.1, 0.15) is 12.6 Å². The van der Waals surface area contributed by atoms with Gasteiger partial charge in [0.05, 0.1) is 26.0 Å². The molecule has 1 aromatic heterocycles. The van der Waals surface area contributed by atoms with E-state index in [2.05, 4.69) is 9.97 Å². The Morgan fingerprint density at radius 3 is 3.11 bits per heavy atom. The van der Waals surface area contributed by atoms with Gasteiger partial charge in [-0.15, -0.1) is 0 Å². The largest absolute Gasteiger partial charge is 0.467 e. The number of esters is 1. The van der Waals surface area contributed by atoms with Crippen molar-refractivity contribution in [2.75, 3.05) is 31.8 Å². The van der Waals surface area contributed by atoms with Crippen LogP contribution in [0.15, 0.2) is 6.33 Å². The fourth-order valence-corrected chi connectivity index (χ4v) is 2.03. The monoisotopic (exact) mass is 269 g/mol. The van der Waals surface area contributed by atoms with Crippen LogP contribution in [-0.2, 0) is 20.7 Å². The number of rotatable bonds is 3. The van der Waals surface area contributed by atoms with Crippen molar-refractivity contribution in [1.82, 2.24) is 9.97 Å². The molecule has 1 fully saturated rings. The highest BCUT2D eigenvalue weighted by Gasteiger charge is 2.33. The van der Waals surface area contributed by atoms with Gasteiger partial charge in [0, 0.05) is 6.54 Å². The van der Waals surface area contributed by atoms with E-state index in [1.807, 2.05) is 6.92 Å². The highest BCUT2D eigenvalue weighted by molar-refractivity contribution is 5.80. The molecular weight excluding hydrogens is 253 g/mol. The average molecular weight is 269 g/mol. The zero-order chi connectivity index (χ0) is 13.8. The number of methoxy groups -OCH3 is 1. The van der Waals surface area contributed by atoms with Crippen LogP contribution in [0.2, 0.25) is 0 Å². The predicted molar refractivity (Wildman–Crippen MR) is 65.3 cm³/mol. The van der Waals surface area contributed by atoms with Gasteiger partial charge in [-0.05, 0) is 6.42 Å². The number of aromatic nitrogens is 2. The lowest BCUT2D eigenvalue weighted by molar-refractivity contribution is -0.144. The summed E-state index contributed by atoms with van der Waals surface area (Å²) in [5.41, 5.74) is 0.333. The fraction of sp³-hybridized carbons (Fsp3) is 0.583. The highest BCUT2D eigenvalue weighted by atomic mass is 19.1. The molecule has 0 bridgehead atoms. The van der Waals surface area contributed by atoms with Crippen LogP contribution in [0.3, 0.4) is 0 Å². The number of anilines is 1. The first-order chi connectivity index (χ1) is 9.19. The lowest BCUT2D eigenvalue weighted by Crippen LogP contribution is -2.51. The van der Waals surface area contributed by atoms with E-state index in [1.54, 1.807) is 4.90 Å². The topological polar surface area (TPSA) is 64.5 Å². The van der Waals surface area contributed by atoms with Crippen molar-refractivity contribution in [2.24, 2.45) is 0 Å². The van der Waals surface area contributed by atoms with Crippen LogP contribution in [0, 0.1) is 5.82 Å². The third kappa shape index (κ3) is 2.65. The summed E-state index contributed by atoms with van der Waals surface area (Å²) >= 11 is 0. The van der Waals surface area contributed by atoms with Gasteiger partial charge in [-0.2, -0.15) is 0 Å². The molecule has 0 amide bonds. The molecule has 1 aromatic rings. The molecule has 0 radical (unpaired) electrons. The molecule has 104 valence electrons. The first kappa shape index (κ1) is 13.7. The molecular formula is C12H16FN3O3. The number of halogens is 1. The lowest BCUT2D eigenvalue weighted by atomic mass is 10.2. The Hall–Kier alpha value is -1.76. The van der Waals surface area contributed by atoms with Crippen LogP contribution >= 0.6 is 0 Å². The van der Waals surface area contributed by atoms with Gasteiger partial charge in [0.15, 0.2) is 17.7 Å². The lowest BCUT2D eigenvalue weighted by Gasteiger charge is -2.34. The first-order valence-corrected chi connectivity index (χ1v) is 6.10. The summed E-state index contributed by atoms with van der Waals surface area (Å²) in [5, 5.41) is 0. The van der Waals surface area contributed by atoms with Gasteiger partial charge in [-0.3, -0.25) is 0 Å². The van der Waals surface area contributed by atoms with Crippen LogP contribution in [0.4, 0.5) is 10.2 Å². The van der Waals surface area contributed by atoms with Gasteiger partial charge < -0.3 is 14.4 Å². The van der Waals surface area contributed by atoms with Crippen molar-refractivity contribution in [3.05, 3.63) is 17.8 Å². The summed E-state index contributed by atoms with van der Waals surface area (Å²) in [4.78, 5) is 21.1. The van der Waals surface area contributed by atoms with Crippen molar-refractivity contribution in [1.29, 1.82) is 0 Å². The zero-order valence-electron chi connectivity index (χ0n) is 10.9. The normalized spacial score (nSPS) is 19.3. The Bertz CT molecular complexity index is 470. The Morgan fingerprint density at radius 1 is 1.63 bits per heavy atom. The van der Waals surface area contributed by atoms with E-state index in [0.717, 1.165) is 0 Å². The van der Waals surface area contributed by atoms with Crippen LogP contribution in [0.25, 0.3) is 0 Å². The molecule has 1 atom stereocenters. The van der Waals surface area contributed by atoms with E-state index < -0.39 is 17.8 Å². The second-order valence-electron chi connectivity index (χ2n) is 4.12. The maximum atomic E-state index is 14.2. The summed E-state index contributed by atoms with van der Waals surface area (Å²) in [6, 6.07) is -0.673. The molecule has 7 heteroatoms. The van der Waals surface area contributed by atoms with E-state index in [1.165, 1.54) is 13.4 Å². The number of nitrogens with zero attached hydrogens (tertiary/aromatic N) is 3. The molecule has 0 N–H and O–H groups in total. The second kappa shape index (κ2) is 5.92. The van der Waals surface area contributed by atoms with Gasteiger partial charge in [0.25, 0.3) is 0 Å². The van der Waals surface area contributed by atoms with E-state index in [-0.39, 0.29) is 12.4 Å². The molecule has 2 heterocycles. The van der Waals surface area contributed by atoms with Crippen molar-refractivity contribution >= 4 is 11.8 Å². The minimum atomic E-state index is -0.673. The highest BCUT2D eigenvalue weighted by Crippen LogP contribution is 2.22. The number of hydrogen-bond acceptors (Lipinski definition) is 6. The summed E-state index contributed by atoms with van der Waals surface area (Å²) in [6.07, 6.45) is 1.77. The Labute approximate surface area is 110 Å². The summed E-state index contributed by atoms with van der Waals surface area (Å²) in [7, 11) is 1.29. The standard InChI is InChI=1S/C12H16FN3O3/c1-3-8-10(13)11(15-7-14-8)16-4-5-19-6-9(16)12(17)18-2/h7,9H,3-6H2,1-2H3. The second-order valence-corrected chi connectivity index (χ2v) is 4.12. The first-order valence-electron chi connectivity index (χ1n) is 6.10.